The van der Waals surface area contributed by atoms with Crippen LogP contribution >= 0.6 is 0 Å². The third kappa shape index (κ3) is 3.94. The van der Waals surface area contributed by atoms with Gasteiger partial charge in [-0.2, -0.15) is 15.0 Å². The van der Waals surface area contributed by atoms with Gasteiger partial charge >= 0.3 is 0 Å². The predicted molar refractivity (Wildman–Crippen MR) is 78.8 cm³/mol. The molecule has 0 radical (unpaired) electrons. The third-order valence-electron chi connectivity index (χ3n) is 3.52. The van der Waals surface area contributed by atoms with E-state index in [9.17, 15) is 0 Å². The molecule has 1 aromatic rings. The summed E-state index contributed by atoms with van der Waals surface area (Å²) < 4.78 is 0. The number of rotatable bonds is 5. The van der Waals surface area contributed by atoms with Crippen LogP contribution in [-0.4, -0.2) is 42.6 Å². The predicted octanol–water partition coefficient (Wildman–Crippen LogP) is 1.97. The highest BCUT2D eigenvalue weighted by Gasteiger charge is 2.14. The van der Waals surface area contributed by atoms with Crippen LogP contribution in [0.2, 0.25) is 0 Å². The summed E-state index contributed by atoms with van der Waals surface area (Å²) in [7, 11) is 5.68. The van der Waals surface area contributed by atoms with Crippen LogP contribution in [-0.2, 0) is 0 Å². The maximum absolute atomic E-state index is 4.42. The molecule has 1 saturated carbocycles. The topological polar surface area (TPSA) is 66.0 Å². The van der Waals surface area contributed by atoms with Crippen LogP contribution in [0.25, 0.3) is 0 Å². The minimum Gasteiger partial charge on any atom is -0.357 e. The third-order valence-corrected chi connectivity index (χ3v) is 3.52. The molecule has 0 aliphatic heterocycles. The number of hydrogen-bond donors (Lipinski definition) is 2. The molecular formula is C13H24N6. The first kappa shape index (κ1) is 13.8. The number of anilines is 3. The summed E-state index contributed by atoms with van der Waals surface area (Å²) in [6.07, 6.45) is 6.73. The van der Waals surface area contributed by atoms with Crippen LogP contribution in [0.4, 0.5) is 17.8 Å². The second kappa shape index (κ2) is 6.54. The molecule has 2 N–H and O–H groups in total. The van der Waals surface area contributed by atoms with Gasteiger partial charge in [0.2, 0.25) is 17.8 Å². The van der Waals surface area contributed by atoms with Crippen molar-refractivity contribution in [2.75, 3.05) is 43.2 Å². The molecule has 0 amide bonds. The average Bonchev–Trinajstić information content (AvgIpc) is 2.45. The van der Waals surface area contributed by atoms with Crippen molar-refractivity contribution in [1.29, 1.82) is 0 Å². The Morgan fingerprint density at radius 2 is 1.74 bits per heavy atom. The van der Waals surface area contributed by atoms with Gasteiger partial charge in [0.15, 0.2) is 0 Å². The first-order valence-corrected chi connectivity index (χ1v) is 7.04. The fraction of sp³-hybridized carbons (Fsp3) is 0.769. The molecule has 1 heterocycles. The van der Waals surface area contributed by atoms with Crippen molar-refractivity contribution in [3.05, 3.63) is 0 Å². The molecule has 19 heavy (non-hydrogen) atoms. The van der Waals surface area contributed by atoms with Crippen LogP contribution in [0.5, 0.6) is 0 Å². The van der Waals surface area contributed by atoms with Gasteiger partial charge in [-0.15, -0.1) is 0 Å². The van der Waals surface area contributed by atoms with E-state index in [1.165, 1.54) is 32.1 Å². The zero-order valence-corrected chi connectivity index (χ0v) is 12.1. The SMILES string of the molecule is CNc1nc(NCC2CCCCC2)nc(N(C)C)n1. The van der Waals surface area contributed by atoms with Gasteiger partial charge in [-0.25, -0.2) is 0 Å². The van der Waals surface area contributed by atoms with Crippen LogP contribution in [0.3, 0.4) is 0 Å². The van der Waals surface area contributed by atoms with Gasteiger partial charge < -0.3 is 15.5 Å². The van der Waals surface area contributed by atoms with Crippen LogP contribution in [0.1, 0.15) is 32.1 Å². The van der Waals surface area contributed by atoms with Crippen molar-refractivity contribution in [3.63, 3.8) is 0 Å². The molecule has 1 aliphatic carbocycles. The Morgan fingerprint density at radius 3 is 2.37 bits per heavy atom. The molecule has 0 spiro atoms. The molecule has 106 valence electrons. The summed E-state index contributed by atoms with van der Waals surface area (Å²) in [6.45, 7) is 0.958. The molecule has 6 heteroatoms. The summed E-state index contributed by atoms with van der Waals surface area (Å²) >= 11 is 0. The normalized spacial score (nSPS) is 16.2. The highest BCUT2D eigenvalue weighted by molar-refractivity contribution is 5.42. The highest BCUT2D eigenvalue weighted by atomic mass is 15.3. The molecule has 6 nitrogen and oxygen atoms in total. The summed E-state index contributed by atoms with van der Waals surface area (Å²) in [5.74, 6) is 2.69. The zero-order chi connectivity index (χ0) is 13.7. The van der Waals surface area contributed by atoms with Crippen LogP contribution in [0, 0.1) is 5.92 Å². The lowest BCUT2D eigenvalue weighted by Crippen LogP contribution is -2.20. The summed E-state index contributed by atoms with van der Waals surface area (Å²) in [5.41, 5.74) is 0. The van der Waals surface area contributed by atoms with E-state index in [0.29, 0.717) is 17.8 Å². The van der Waals surface area contributed by atoms with Crippen molar-refractivity contribution in [2.24, 2.45) is 5.92 Å². The maximum atomic E-state index is 4.42. The van der Waals surface area contributed by atoms with Crippen molar-refractivity contribution in [3.8, 4) is 0 Å². The lowest BCUT2D eigenvalue weighted by molar-refractivity contribution is 0.373. The van der Waals surface area contributed by atoms with E-state index in [2.05, 4.69) is 25.6 Å². The molecule has 0 saturated heterocycles. The molecule has 0 bridgehead atoms. The molecule has 0 atom stereocenters. The van der Waals surface area contributed by atoms with Gasteiger partial charge in [0.25, 0.3) is 0 Å². The highest BCUT2D eigenvalue weighted by Crippen LogP contribution is 2.23. The van der Waals surface area contributed by atoms with Crippen molar-refractivity contribution >= 4 is 17.8 Å². The molecule has 0 unspecified atom stereocenters. The van der Waals surface area contributed by atoms with Gasteiger partial charge in [-0.3, -0.25) is 0 Å². The van der Waals surface area contributed by atoms with E-state index in [1.807, 2.05) is 26.0 Å². The molecular weight excluding hydrogens is 240 g/mol. The molecule has 1 aromatic heterocycles. The van der Waals surface area contributed by atoms with E-state index in [4.69, 9.17) is 0 Å². The second-order valence-electron chi connectivity index (χ2n) is 5.31. The first-order valence-electron chi connectivity index (χ1n) is 7.04. The summed E-state index contributed by atoms with van der Waals surface area (Å²) in [6, 6.07) is 0. The summed E-state index contributed by atoms with van der Waals surface area (Å²) in [5, 5.41) is 6.33. The molecule has 1 fully saturated rings. The number of nitrogens with one attached hydrogen (secondary N) is 2. The van der Waals surface area contributed by atoms with Gasteiger partial charge in [0, 0.05) is 27.7 Å². The van der Waals surface area contributed by atoms with Crippen molar-refractivity contribution in [2.45, 2.75) is 32.1 Å². The maximum Gasteiger partial charge on any atom is 0.231 e. The number of aromatic nitrogens is 3. The van der Waals surface area contributed by atoms with Gasteiger partial charge in [0.05, 0.1) is 0 Å². The van der Waals surface area contributed by atoms with E-state index < -0.39 is 0 Å². The van der Waals surface area contributed by atoms with E-state index >= 15 is 0 Å². The second-order valence-corrected chi connectivity index (χ2v) is 5.31. The Morgan fingerprint density at radius 1 is 1.05 bits per heavy atom. The monoisotopic (exact) mass is 264 g/mol. The smallest absolute Gasteiger partial charge is 0.231 e. The first-order chi connectivity index (χ1) is 9.19. The lowest BCUT2D eigenvalue weighted by atomic mass is 9.89. The van der Waals surface area contributed by atoms with Crippen LogP contribution in [0.15, 0.2) is 0 Å². The average molecular weight is 264 g/mol. The molecule has 2 rings (SSSR count). The Kier molecular flexibility index (Phi) is 4.76. The van der Waals surface area contributed by atoms with E-state index in [0.717, 1.165) is 12.5 Å². The van der Waals surface area contributed by atoms with E-state index in [1.54, 1.807) is 0 Å². The number of hydrogen-bond acceptors (Lipinski definition) is 6. The van der Waals surface area contributed by atoms with Gasteiger partial charge in [-0.1, -0.05) is 19.3 Å². The molecule has 1 aliphatic rings. The minimum atomic E-state index is 0.602. The molecule has 0 aromatic carbocycles. The lowest BCUT2D eigenvalue weighted by Gasteiger charge is -2.22. The summed E-state index contributed by atoms with van der Waals surface area (Å²) in [4.78, 5) is 14.9. The van der Waals surface area contributed by atoms with Gasteiger partial charge in [0.1, 0.15) is 0 Å². The standard InChI is InChI=1S/C13H24N6/c1-14-11-16-12(18-13(17-11)19(2)3)15-9-10-7-5-4-6-8-10/h10H,4-9H2,1-3H3,(H2,14,15,16,17,18). The Balaban J connectivity index is 2.00. The van der Waals surface area contributed by atoms with Crippen molar-refractivity contribution in [1.82, 2.24) is 15.0 Å². The van der Waals surface area contributed by atoms with E-state index in [-0.39, 0.29) is 0 Å². The van der Waals surface area contributed by atoms with Gasteiger partial charge in [-0.05, 0) is 18.8 Å². The number of nitrogens with zero attached hydrogens (tertiary/aromatic N) is 4. The fourth-order valence-corrected chi connectivity index (χ4v) is 2.38. The minimum absolute atomic E-state index is 0.602. The fourth-order valence-electron chi connectivity index (χ4n) is 2.38. The Labute approximate surface area is 115 Å². The van der Waals surface area contributed by atoms with Crippen LogP contribution < -0.4 is 15.5 Å². The quantitative estimate of drug-likeness (QED) is 0.847. The van der Waals surface area contributed by atoms with Crippen molar-refractivity contribution < 1.29 is 0 Å². The Bertz CT molecular complexity index is 400. The largest absolute Gasteiger partial charge is 0.357 e. The Hall–Kier alpha value is -1.59. The zero-order valence-electron chi connectivity index (χ0n) is 12.1.